The summed E-state index contributed by atoms with van der Waals surface area (Å²) in [6.07, 6.45) is 2.00. The molecule has 1 fully saturated rings. The highest BCUT2D eigenvalue weighted by molar-refractivity contribution is 5.82. The Kier molecular flexibility index (Phi) is 4.74. The molecule has 0 spiro atoms. The molecule has 0 bridgehead atoms. The summed E-state index contributed by atoms with van der Waals surface area (Å²) in [5.74, 6) is -0.814. The third kappa shape index (κ3) is 3.33. The molecule has 3 N–H and O–H groups in total. The summed E-state index contributed by atoms with van der Waals surface area (Å²) in [6, 6.07) is -1.55. The van der Waals surface area contributed by atoms with Gasteiger partial charge in [-0.2, -0.15) is 0 Å². The predicted octanol–water partition coefficient (Wildman–Crippen LogP) is 0.262. The zero-order valence-electron chi connectivity index (χ0n) is 10.2. The minimum absolute atomic E-state index is 0.0943. The zero-order valence-corrected chi connectivity index (χ0v) is 10.2. The number of likely N-dealkylation sites (tertiary alicyclic amines) is 1. The van der Waals surface area contributed by atoms with Gasteiger partial charge in [-0.25, -0.2) is 9.59 Å². The lowest BCUT2D eigenvalue weighted by Crippen LogP contribution is -2.54. The molecule has 0 aliphatic carbocycles. The number of aliphatic hydroxyl groups is 1. The molecule has 0 aromatic carbocycles. The largest absolute Gasteiger partial charge is 0.480 e. The van der Waals surface area contributed by atoms with Gasteiger partial charge in [-0.3, -0.25) is 0 Å². The number of rotatable bonds is 3. The molecule has 3 atom stereocenters. The van der Waals surface area contributed by atoms with Crippen LogP contribution in [0.5, 0.6) is 0 Å². The molecule has 6 heteroatoms. The molecule has 1 rings (SSSR count). The van der Waals surface area contributed by atoms with Crippen LogP contribution in [0.3, 0.4) is 0 Å². The van der Waals surface area contributed by atoms with E-state index in [0.29, 0.717) is 12.5 Å². The van der Waals surface area contributed by atoms with Crippen molar-refractivity contribution in [3.05, 3.63) is 0 Å². The maximum Gasteiger partial charge on any atom is 0.328 e. The third-order valence-corrected chi connectivity index (χ3v) is 3.41. The van der Waals surface area contributed by atoms with Crippen LogP contribution in [0, 0.1) is 5.92 Å². The Hall–Kier alpha value is -1.30. The fourth-order valence-corrected chi connectivity index (χ4v) is 2.04. The molecule has 2 unspecified atom stereocenters. The topological polar surface area (TPSA) is 89.9 Å². The lowest BCUT2D eigenvalue weighted by molar-refractivity contribution is -0.140. The van der Waals surface area contributed by atoms with Gasteiger partial charge in [0.05, 0.1) is 6.61 Å². The highest BCUT2D eigenvalue weighted by Crippen LogP contribution is 2.22. The number of hydrogen-bond donors (Lipinski definition) is 3. The number of carboxylic acid groups (broad SMARTS) is 1. The van der Waals surface area contributed by atoms with Crippen LogP contribution in [-0.2, 0) is 4.79 Å². The molecule has 1 heterocycles. The summed E-state index contributed by atoms with van der Waals surface area (Å²) in [4.78, 5) is 24.2. The van der Waals surface area contributed by atoms with E-state index in [1.54, 1.807) is 4.90 Å². The predicted molar refractivity (Wildman–Crippen MR) is 61.6 cm³/mol. The van der Waals surface area contributed by atoms with Crippen LogP contribution >= 0.6 is 0 Å². The SMILES string of the molecule is CC1CCCN(C(=O)N[C@H](CO)C(=O)O)C1C. The number of aliphatic hydroxyl groups excluding tert-OH is 1. The van der Waals surface area contributed by atoms with Gasteiger partial charge in [-0.05, 0) is 25.7 Å². The lowest BCUT2D eigenvalue weighted by Gasteiger charge is -2.38. The fourth-order valence-electron chi connectivity index (χ4n) is 2.04. The highest BCUT2D eigenvalue weighted by atomic mass is 16.4. The summed E-state index contributed by atoms with van der Waals surface area (Å²) >= 11 is 0. The van der Waals surface area contributed by atoms with E-state index in [4.69, 9.17) is 10.2 Å². The minimum Gasteiger partial charge on any atom is -0.480 e. The molecule has 2 amide bonds. The first-order chi connectivity index (χ1) is 7.97. The second-order valence-electron chi connectivity index (χ2n) is 4.58. The monoisotopic (exact) mass is 244 g/mol. The number of piperidine rings is 1. The Labute approximate surface area is 101 Å². The number of hydrogen-bond acceptors (Lipinski definition) is 3. The van der Waals surface area contributed by atoms with Gasteiger partial charge in [0, 0.05) is 12.6 Å². The first-order valence-corrected chi connectivity index (χ1v) is 5.88. The fraction of sp³-hybridized carbons (Fsp3) is 0.818. The van der Waals surface area contributed by atoms with Crippen molar-refractivity contribution in [1.82, 2.24) is 10.2 Å². The molecule has 0 saturated carbocycles. The van der Waals surface area contributed by atoms with Crippen LogP contribution < -0.4 is 5.32 Å². The van der Waals surface area contributed by atoms with E-state index in [0.717, 1.165) is 12.8 Å². The Bertz CT molecular complexity index is 295. The number of aliphatic carboxylic acids is 1. The van der Waals surface area contributed by atoms with Gasteiger partial charge in [0.2, 0.25) is 0 Å². The standard InChI is InChI=1S/C11H20N2O4/c1-7-4-3-5-13(8(7)2)11(17)12-9(6-14)10(15)16/h7-9,14H,3-6H2,1-2H3,(H,12,17)(H,15,16)/t7?,8?,9-/m1/s1. The summed E-state index contributed by atoms with van der Waals surface area (Å²) in [7, 11) is 0. The Morgan fingerprint density at radius 1 is 1.47 bits per heavy atom. The van der Waals surface area contributed by atoms with E-state index in [1.165, 1.54) is 0 Å². The van der Waals surface area contributed by atoms with Gasteiger partial charge >= 0.3 is 12.0 Å². The molecule has 98 valence electrons. The minimum atomic E-state index is -1.23. The number of carbonyl (C=O) groups excluding carboxylic acids is 1. The van der Waals surface area contributed by atoms with Crippen LogP contribution in [0.4, 0.5) is 4.79 Å². The normalized spacial score (nSPS) is 26.4. The van der Waals surface area contributed by atoms with E-state index in [2.05, 4.69) is 12.2 Å². The molecular formula is C11H20N2O4. The molecule has 6 nitrogen and oxygen atoms in total. The van der Waals surface area contributed by atoms with Gasteiger partial charge in [0.25, 0.3) is 0 Å². The van der Waals surface area contributed by atoms with E-state index in [9.17, 15) is 9.59 Å². The van der Waals surface area contributed by atoms with Gasteiger partial charge in [0.15, 0.2) is 6.04 Å². The average Bonchev–Trinajstić information content (AvgIpc) is 2.28. The van der Waals surface area contributed by atoms with Crippen LogP contribution in [0.1, 0.15) is 26.7 Å². The van der Waals surface area contributed by atoms with Gasteiger partial charge < -0.3 is 20.4 Å². The molecule has 17 heavy (non-hydrogen) atoms. The van der Waals surface area contributed by atoms with Crippen molar-refractivity contribution in [3.8, 4) is 0 Å². The van der Waals surface area contributed by atoms with Crippen molar-refractivity contribution in [1.29, 1.82) is 0 Å². The summed E-state index contributed by atoms with van der Waals surface area (Å²) in [5, 5.41) is 19.9. The zero-order chi connectivity index (χ0) is 13.0. The van der Waals surface area contributed by atoms with E-state index in [1.807, 2.05) is 6.92 Å². The van der Waals surface area contributed by atoms with E-state index < -0.39 is 24.6 Å². The number of urea groups is 1. The maximum absolute atomic E-state index is 11.9. The molecule has 0 aromatic heterocycles. The quantitative estimate of drug-likeness (QED) is 0.664. The molecular weight excluding hydrogens is 224 g/mol. The molecule has 0 aromatic rings. The molecule has 1 aliphatic heterocycles. The van der Waals surface area contributed by atoms with Crippen LogP contribution in [0.25, 0.3) is 0 Å². The second-order valence-corrected chi connectivity index (χ2v) is 4.58. The van der Waals surface area contributed by atoms with Crippen LogP contribution in [-0.4, -0.2) is 52.3 Å². The number of carboxylic acids is 1. The number of nitrogens with one attached hydrogen (secondary N) is 1. The van der Waals surface area contributed by atoms with Crippen molar-refractivity contribution in [2.75, 3.05) is 13.2 Å². The Balaban J connectivity index is 2.60. The van der Waals surface area contributed by atoms with Crippen LogP contribution in [0.2, 0.25) is 0 Å². The Morgan fingerprint density at radius 2 is 2.12 bits per heavy atom. The first-order valence-electron chi connectivity index (χ1n) is 5.88. The maximum atomic E-state index is 11.9. The molecule has 0 radical (unpaired) electrons. The smallest absolute Gasteiger partial charge is 0.328 e. The van der Waals surface area contributed by atoms with Gasteiger partial charge in [-0.1, -0.05) is 6.92 Å². The first kappa shape index (κ1) is 13.8. The number of carbonyl (C=O) groups is 2. The van der Waals surface area contributed by atoms with E-state index >= 15 is 0 Å². The molecule has 1 aliphatic rings. The summed E-state index contributed by atoms with van der Waals surface area (Å²) < 4.78 is 0. The third-order valence-electron chi connectivity index (χ3n) is 3.41. The van der Waals surface area contributed by atoms with Gasteiger partial charge in [-0.15, -0.1) is 0 Å². The summed E-state index contributed by atoms with van der Waals surface area (Å²) in [5.41, 5.74) is 0. The Morgan fingerprint density at radius 3 is 2.65 bits per heavy atom. The highest BCUT2D eigenvalue weighted by Gasteiger charge is 2.30. The van der Waals surface area contributed by atoms with Crippen LogP contribution in [0.15, 0.2) is 0 Å². The van der Waals surface area contributed by atoms with Crippen molar-refractivity contribution in [3.63, 3.8) is 0 Å². The van der Waals surface area contributed by atoms with Gasteiger partial charge in [0.1, 0.15) is 0 Å². The van der Waals surface area contributed by atoms with Crippen molar-refractivity contribution >= 4 is 12.0 Å². The number of nitrogens with zero attached hydrogens (tertiary/aromatic N) is 1. The van der Waals surface area contributed by atoms with Crippen molar-refractivity contribution in [2.45, 2.75) is 38.8 Å². The van der Waals surface area contributed by atoms with Crippen molar-refractivity contribution < 1.29 is 19.8 Å². The average molecular weight is 244 g/mol. The molecule has 1 saturated heterocycles. The second kappa shape index (κ2) is 5.86. The van der Waals surface area contributed by atoms with Crippen molar-refractivity contribution in [2.24, 2.45) is 5.92 Å². The summed E-state index contributed by atoms with van der Waals surface area (Å²) in [6.45, 7) is 4.07. The van der Waals surface area contributed by atoms with E-state index in [-0.39, 0.29) is 6.04 Å². The lowest BCUT2D eigenvalue weighted by atomic mass is 9.92. The number of amides is 2.